The van der Waals surface area contributed by atoms with Gasteiger partial charge in [0.05, 0.1) is 9.77 Å². The third kappa shape index (κ3) is 2.65. The third-order valence-corrected chi connectivity index (χ3v) is 6.51. The van der Waals surface area contributed by atoms with Crippen LogP contribution in [0.3, 0.4) is 0 Å². The number of nitrogens with one attached hydrogen (secondary N) is 1. The summed E-state index contributed by atoms with van der Waals surface area (Å²) in [6.07, 6.45) is 1.71. The average molecular weight is 337 g/mol. The van der Waals surface area contributed by atoms with Crippen LogP contribution >= 0.6 is 11.3 Å². The first kappa shape index (κ1) is 15.1. The van der Waals surface area contributed by atoms with E-state index in [1.54, 1.807) is 6.20 Å². The molecule has 3 heterocycles. The number of hydrogen-bond donors (Lipinski definition) is 1. The maximum absolute atomic E-state index is 12.5. The highest BCUT2D eigenvalue weighted by Crippen LogP contribution is 2.32. The molecule has 0 bridgehead atoms. The molecule has 2 aromatic rings. The Balaban J connectivity index is 1.73. The second-order valence-corrected chi connectivity index (χ2v) is 7.85. The van der Waals surface area contributed by atoms with Crippen molar-refractivity contribution >= 4 is 27.3 Å². The Morgan fingerprint density at radius 2 is 2.18 bits per heavy atom. The smallest absolute Gasteiger partial charge is 0.261 e. The predicted molar refractivity (Wildman–Crippen MR) is 83.4 cm³/mol. The summed E-state index contributed by atoms with van der Waals surface area (Å²) in [5.41, 5.74) is 0.908. The Kier molecular flexibility index (Phi) is 3.98. The fraction of sp³-hybridized carbons (Fsp3) is 0.286. The van der Waals surface area contributed by atoms with Crippen LogP contribution in [0.25, 0.3) is 0 Å². The molecule has 2 aromatic heterocycles. The van der Waals surface area contributed by atoms with Crippen LogP contribution in [-0.4, -0.2) is 43.8 Å². The number of sulfonamides is 1. The van der Waals surface area contributed by atoms with E-state index in [1.165, 1.54) is 22.8 Å². The molecule has 3 rings (SSSR count). The van der Waals surface area contributed by atoms with Crippen molar-refractivity contribution in [1.29, 1.82) is 0 Å². The van der Waals surface area contributed by atoms with Gasteiger partial charge in [-0.2, -0.15) is 4.31 Å². The van der Waals surface area contributed by atoms with Crippen LogP contribution in [0, 0.1) is 0 Å². The molecule has 22 heavy (non-hydrogen) atoms. The molecule has 1 saturated heterocycles. The van der Waals surface area contributed by atoms with Crippen LogP contribution in [0.5, 0.6) is 0 Å². The summed E-state index contributed by atoms with van der Waals surface area (Å²) >= 11 is 1.13. The number of nitrogens with zero attached hydrogens (tertiary/aromatic N) is 2. The van der Waals surface area contributed by atoms with Gasteiger partial charge >= 0.3 is 0 Å². The van der Waals surface area contributed by atoms with E-state index < -0.39 is 10.0 Å². The Bertz CT molecular complexity index is 781. The normalized spacial score (nSPS) is 16.2. The summed E-state index contributed by atoms with van der Waals surface area (Å²) in [6.45, 7) is 0.842. The molecule has 0 radical (unpaired) electrons. The molecule has 1 aliphatic heterocycles. The molecule has 0 aliphatic carbocycles. The lowest BCUT2D eigenvalue weighted by atomic mass is 9.99. The first-order chi connectivity index (χ1) is 10.5. The van der Waals surface area contributed by atoms with Gasteiger partial charge in [0.2, 0.25) is 10.0 Å². The zero-order valence-electron chi connectivity index (χ0n) is 11.9. The van der Waals surface area contributed by atoms with E-state index in [0.29, 0.717) is 18.0 Å². The fourth-order valence-corrected chi connectivity index (χ4v) is 5.02. The van der Waals surface area contributed by atoms with Crippen LogP contribution in [-0.2, 0) is 10.0 Å². The standard InChI is InChI=1S/C14H15N3O3S2/c1-15-14(18)13-6-11(9-21-13)22(19,20)17-7-10(8-17)12-4-2-3-5-16-12/h2-6,9-10H,7-8H2,1H3,(H,15,18). The predicted octanol–water partition coefficient (Wildman–Crippen LogP) is 1.29. The van der Waals surface area contributed by atoms with Gasteiger partial charge in [0.25, 0.3) is 5.91 Å². The maximum atomic E-state index is 12.5. The van der Waals surface area contributed by atoms with Crippen LogP contribution in [0.1, 0.15) is 21.3 Å². The lowest BCUT2D eigenvalue weighted by molar-refractivity contribution is 0.0967. The SMILES string of the molecule is CNC(=O)c1cc(S(=O)(=O)N2CC(c3ccccn3)C2)cs1. The number of carbonyl (C=O) groups excluding carboxylic acids is 1. The maximum Gasteiger partial charge on any atom is 0.261 e. The molecule has 1 fully saturated rings. The molecular weight excluding hydrogens is 322 g/mol. The zero-order valence-corrected chi connectivity index (χ0v) is 13.5. The molecule has 0 aromatic carbocycles. The van der Waals surface area contributed by atoms with Crippen molar-refractivity contribution in [3.63, 3.8) is 0 Å². The van der Waals surface area contributed by atoms with Gasteiger partial charge in [-0.25, -0.2) is 8.42 Å². The summed E-state index contributed by atoms with van der Waals surface area (Å²) in [4.78, 5) is 16.4. The van der Waals surface area contributed by atoms with Crippen molar-refractivity contribution in [3.8, 4) is 0 Å². The number of rotatable bonds is 4. The van der Waals surface area contributed by atoms with E-state index in [1.807, 2.05) is 18.2 Å². The van der Waals surface area contributed by atoms with E-state index in [-0.39, 0.29) is 16.7 Å². The Hall–Kier alpha value is -1.77. The number of carbonyl (C=O) groups is 1. The molecule has 0 atom stereocenters. The topological polar surface area (TPSA) is 79.4 Å². The van der Waals surface area contributed by atoms with E-state index in [0.717, 1.165) is 17.0 Å². The van der Waals surface area contributed by atoms with Gasteiger partial charge in [-0.1, -0.05) is 6.07 Å². The number of hydrogen-bond acceptors (Lipinski definition) is 5. The molecule has 1 aliphatic rings. The Labute approximate surface area is 132 Å². The summed E-state index contributed by atoms with van der Waals surface area (Å²) in [5.74, 6) is -0.144. The summed E-state index contributed by atoms with van der Waals surface area (Å²) in [6, 6.07) is 7.06. The highest BCUT2D eigenvalue weighted by molar-refractivity contribution is 7.89. The van der Waals surface area contributed by atoms with Crippen molar-refractivity contribution in [3.05, 3.63) is 46.4 Å². The van der Waals surface area contributed by atoms with Gasteiger partial charge in [0.15, 0.2) is 0 Å². The molecule has 1 amide bonds. The number of aromatic nitrogens is 1. The molecule has 0 saturated carbocycles. The van der Waals surface area contributed by atoms with Crippen molar-refractivity contribution in [2.75, 3.05) is 20.1 Å². The molecule has 0 unspecified atom stereocenters. The van der Waals surface area contributed by atoms with E-state index in [2.05, 4.69) is 10.3 Å². The quantitative estimate of drug-likeness (QED) is 0.912. The Morgan fingerprint density at radius 3 is 2.82 bits per heavy atom. The van der Waals surface area contributed by atoms with Gasteiger partial charge < -0.3 is 5.32 Å². The fourth-order valence-electron chi connectivity index (χ4n) is 2.28. The van der Waals surface area contributed by atoms with Gasteiger partial charge in [-0.05, 0) is 18.2 Å². The van der Waals surface area contributed by atoms with Crippen LogP contribution in [0.15, 0.2) is 40.7 Å². The number of amides is 1. The van der Waals surface area contributed by atoms with Crippen LogP contribution < -0.4 is 5.32 Å². The molecular formula is C14H15N3O3S2. The van der Waals surface area contributed by atoms with Gasteiger partial charge in [-0.15, -0.1) is 11.3 Å². The van der Waals surface area contributed by atoms with Crippen molar-refractivity contribution in [1.82, 2.24) is 14.6 Å². The van der Waals surface area contributed by atoms with Gasteiger partial charge in [-0.3, -0.25) is 9.78 Å². The minimum atomic E-state index is -3.53. The van der Waals surface area contributed by atoms with Crippen LogP contribution in [0.4, 0.5) is 0 Å². The second kappa shape index (κ2) is 5.79. The molecule has 1 N–H and O–H groups in total. The molecule has 6 nitrogen and oxygen atoms in total. The number of pyridine rings is 1. The van der Waals surface area contributed by atoms with Gasteiger partial charge in [0.1, 0.15) is 0 Å². The third-order valence-electron chi connectivity index (χ3n) is 3.62. The van der Waals surface area contributed by atoms with Crippen LogP contribution in [0.2, 0.25) is 0 Å². The van der Waals surface area contributed by atoms with E-state index >= 15 is 0 Å². The second-order valence-electron chi connectivity index (χ2n) is 5.00. The largest absolute Gasteiger partial charge is 0.354 e. The highest BCUT2D eigenvalue weighted by Gasteiger charge is 2.38. The van der Waals surface area contributed by atoms with Gasteiger partial charge in [0, 0.05) is 43.3 Å². The zero-order chi connectivity index (χ0) is 15.7. The van der Waals surface area contributed by atoms with E-state index in [9.17, 15) is 13.2 Å². The molecule has 116 valence electrons. The first-order valence-electron chi connectivity index (χ1n) is 6.74. The monoisotopic (exact) mass is 337 g/mol. The molecule has 8 heteroatoms. The van der Waals surface area contributed by atoms with E-state index in [4.69, 9.17) is 0 Å². The minimum absolute atomic E-state index is 0.132. The molecule has 0 spiro atoms. The minimum Gasteiger partial charge on any atom is -0.354 e. The summed E-state index contributed by atoms with van der Waals surface area (Å²) in [7, 11) is -2.01. The summed E-state index contributed by atoms with van der Waals surface area (Å²) < 4.78 is 26.4. The number of thiophene rings is 1. The highest BCUT2D eigenvalue weighted by atomic mass is 32.2. The summed E-state index contributed by atoms with van der Waals surface area (Å²) in [5, 5.41) is 3.99. The van der Waals surface area contributed by atoms with Crippen molar-refractivity contribution < 1.29 is 13.2 Å². The Morgan fingerprint density at radius 1 is 1.41 bits per heavy atom. The lowest BCUT2D eigenvalue weighted by Crippen LogP contribution is -2.48. The van der Waals surface area contributed by atoms with Crippen molar-refractivity contribution in [2.45, 2.75) is 10.8 Å². The lowest BCUT2D eigenvalue weighted by Gasteiger charge is -2.37. The first-order valence-corrected chi connectivity index (χ1v) is 9.06. The average Bonchev–Trinajstić information content (AvgIpc) is 2.96. The van der Waals surface area contributed by atoms with Crippen molar-refractivity contribution in [2.24, 2.45) is 0 Å².